The Morgan fingerprint density at radius 1 is 1.24 bits per heavy atom. The Morgan fingerprint density at radius 3 is 2.71 bits per heavy atom. The van der Waals surface area contributed by atoms with Crippen LogP contribution in [0.4, 0.5) is 10.1 Å². The normalized spacial score (nSPS) is 10.2. The summed E-state index contributed by atoms with van der Waals surface area (Å²) in [4.78, 5) is 11.3. The van der Waals surface area contributed by atoms with Gasteiger partial charge in [-0.2, -0.15) is 5.10 Å². The van der Waals surface area contributed by atoms with Crippen LogP contribution in [0.2, 0.25) is 0 Å². The van der Waals surface area contributed by atoms with E-state index in [2.05, 4.69) is 10.4 Å². The summed E-state index contributed by atoms with van der Waals surface area (Å²) >= 11 is 0. The molecule has 0 unspecified atom stereocenters. The second-order valence-corrected chi connectivity index (χ2v) is 3.52. The van der Waals surface area contributed by atoms with Crippen LogP contribution in [-0.4, -0.2) is 16.3 Å². The predicted octanol–water partition coefficient (Wildman–Crippen LogP) is 1.49. The summed E-state index contributed by atoms with van der Waals surface area (Å²) in [7, 11) is 0. The van der Waals surface area contributed by atoms with Crippen LogP contribution < -0.4 is 10.9 Å². The number of nitrogens with zero attached hydrogens (tertiary/aromatic N) is 2. The van der Waals surface area contributed by atoms with Crippen molar-refractivity contribution in [2.24, 2.45) is 0 Å². The Bertz CT molecular complexity index is 536. The maximum absolute atomic E-state index is 12.6. The van der Waals surface area contributed by atoms with Crippen molar-refractivity contribution in [3.8, 4) is 0 Å². The van der Waals surface area contributed by atoms with Crippen molar-refractivity contribution in [1.29, 1.82) is 0 Å². The van der Waals surface area contributed by atoms with Crippen LogP contribution in [0.25, 0.3) is 0 Å². The van der Waals surface area contributed by atoms with E-state index < -0.39 is 0 Å². The first-order valence-corrected chi connectivity index (χ1v) is 5.27. The first-order chi connectivity index (χ1) is 8.25. The molecule has 2 rings (SSSR count). The lowest BCUT2D eigenvalue weighted by atomic mass is 10.3. The molecule has 0 fully saturated rings. The van der Waals surface area contributed by atoms with E-state index in [4.69, 9.17) is 0 Å². The van der Waals surface area contributed by atoms with Crippen LogP contribution in [0.1, 0.15) is 0 Å². The van der Waals surface area contributed by atoms with Crippen molar-refractivity contribution in [3.63, 3.8) is 0 Å². The first-order valence-electron chi connectivity index (χ1n) is 5.27. The molecule has 0 aliphatic heterocycles. The van der Waals surface area contributed by atoms with Gasteiger partial charge in [-0.05, 0) is 30.3 Å². The summed E-state index contributed by atoms with van der Waals surface area (Å²) in [5.74, 6) is -0.267. The fourth-order valence-electron chi connectivity index (χ4n) is 1.43. The molecule has 0 aliphatic carbocycles. The molecule has 17 heavy (non-hydrogen) atoms. The smallest absolute Gasteiger partial charge is 0.266 e. The average Bonchev–Trinajstić information content (AvgIpc) is 2.34. The number of halogens is 1. The number of benzene rings is 1. The molecule has 1 heterocycles. The average molecular weight is 233 g/mol. The van der Waals surface area contributed by atoms with Gasteiger partial charge in [-0.15, -0.1) is 0 Å². The molecule has 2 aromatic rings. The highest BCUT2D eigenvalue weighted by Gasteiger charge is 1.96. The van der Waals surface area contributed by atoms with E-state index in [9.17, 15) is 9.18 Å². The van der Waals surface area contributed by atoms with Crippen molar-refractivity contribution < 1.29 is 4.39 Å². The fourth-order valence-corrected chi connectivity index (χ4v) is 1.43. The van der Waals surface area contributed by atoms with Gasteiger partial charge in [-0.3, -0.25) is 4.79 Å². The number of nitrogens with one attached hydrogen (secondary N) is 1. The molecular weight excluding hydrogens is 221 g/mol. The highest BCUT2D eigenvalue weighted by molar-refractivity contribution is 5.42. The standard InChI is InChI=1S/C12H12FN3O/c13-10-3-5-11(6-4-10)14-8-9-16-12(17)2-1-7-15-16/h1-7,14H,8-9H2. The first kappa shape index (κ1) is 11.3. The number of rotatable bonds is 4. The van der Waals surface area contributed by atoms with Gasteiger partial charge in [0.05, 0.1) is 6.54 Å². The number of aromatic nitrogens is 2. The molecule has 88 valence electrons. The van der Waals surface area contributed by atoms with Gasteiger partial charge in [-0.1, -0.05) is 0 Å². The van der Waals surface area contributed by atoms with E-state index in [1.54, 1.807) is 24.4 Å². The van der Waals surface area contributed by atoms with Crippen LogP contribution in [0.15, 0.2) is 47.4 Å². The molecule has 0 saturated heterocycles. The molecule has 1 N–H and O–H groups in total. The Morgan fingerprint density at radius 2 is 2.00 bits per heavy atom. The van der Waals surface area contributed by atoms with E-state index in [1.807, 2.05) is 0 Å². The van der Waals surface area contributed by atoms with Gasteiger partial charge in [0.25, 0.3) is 5.56 Å². The zero-order valence-corrected chi connectivity index (χ0v) is 9.14. The monoisotopic (exact) mass is 233 g/mol. The minimum atomic E-state index is -0.267. The van der Waals surface area contributed by atoms with E-state index in [0.717, 1.165) is 5.69 Å². The Balaban J connectivity index is 1.90. The summed E-state index contributed by atoms with van der Waals surface area (Å²) in [5.41, 5.74) is 0.684. The molecule has 4 nitrogen and oxygen atoms in total. The molecule has 5 heteroatoms. The lowest BCUT2D eigenvalue weighted by molar-refractivity contribution is 0.597. The van der Waals surface area contributed by atoms with E-state index in [0.29, 0.717) is 13.1 Å². The molecule has 1 aromatic carbocycles. The van der Waals surface area contributed by atoms with Gasteiger partial charge < -0.3 is 5.32 Å². The topological polar surface area (TPSA) is 46.9 Å². The zero-order valence-electron chi connectivity index (χ0n) is 9.14. The van der Waals surface area contributed by atoms with Crippen molar-refractivity contribution in [1.82, 2.24) is 9.78 Å². The third kappa shape index (κ3) is 3.14. The van der Waals surface area contributed by atoms with Crippen molar-refractivity contribution in [2.45, 2.75) is 6.54 Å². The van der Waals surface area contributed by atoms with Gasteiger partial charge >= 0.3 is 0 Å². The van der Waals surface area contributed by atoms with Crippen LogP contribution in [0.3, 0.4) is 0 Å². The number of hydrogen-bond donors (Lipinski definition) is 1. The molecule has 0 radical (unpaired) electrons. The predicted molar refractivity (Wildman–Crippen MR) is 63.4 cm³/mol. The highest BCUT2D eigenvalue weighted by atomic mass is 19.1. The number of anilines is 1. The van der Waals surface area contributed by atoms with Crippen LogP contribution in [0, 0.1) is 5.82 Å². The zero-order chi connectivity index (χ0) is 12.1. The van der Waals surface area contributed by atoms with Crippen molar-refractivity contribution in [2.75, 3.05) is 11.9 Å². The minimum absolute atomic E-state index is 0.131. The molecule has 0 atom stereocenters. The second-order valence-electron chi connectivity index (χ2n) is 3.52. The summed E-state index contributed by atoms with van der Waals surface area (Å²) in [6.45, 7) is 1.03. The Hall–Kier alpha value is -2.17. The lowest BCUT2D eigenvalue weighted by Crippen LogP contribution is -2.24. The minimum Gasteiger partial charge on any atom is -0.383 e. The third-order valence-electron chi connectivity index (χ3n) is 2.28. The van der Waals surface area contributed by atoms with Gasteiger partial charge in [0.15, 0.2) is 0 Å². The van der Waals surface area contributed by atoms with Gasteiger partial charge in [0.2, 0.25) is 0 Å². The molecule has 0 spiro atoms. The summed E-state index contributed by atoms with van der Waals surface area (Å²) in [5, 5.41) is 7.01. The Labute approximate surface area is 97.7 Å². The molecule has 1 aromatic heterocycles. The lowest BCUT2D eigenvalue weighted by Gasteiger charge is -2.06. The quantitative estimate of drug-likeness (QED) is 0.870. The largest absolute Gasteiger partial charge is 0.383 e. The summed E-state index contributed by atoms with van der Waals surface area (Å²) in [6, 6.07) is 9.13. The molecular formula is C12H12FN3O. The van der Waals surface area contributed by atoms with Gasteiger partial charge in [0, 0.05) is 24.5 Å². The summed E-state index contributed by atoms with van der Waals surface area (Å²) < 4.78 is 14.0. The molecule has 0 amide bonds. The fraction of sp³-hybridized carbons (Fsp3) is 0.167. The van der Waals surface area contributed by atoms with Crippen LogP contribution in [-0.2, 0) is 6.54 Å². The SMILES string of the molecule is O=c1cccnn1CCNc1ccc(F)cc1. The maximum atomic E-state index is 12.6. The van der Waals surface area contributed by atoms with Gasteiger partial charge in [0.1, 0.15) is 5.82 Å². The summed E-state index contributed by atoms with van der Waals surface area (Å²) in [6.07, 6.45) is 1.57. The van der Waals surface area contributed by atoms with Crippen LogP contribution >= 0.6 is 0 Å². The number of hydrogen-bond acceptors (Lipinski definition) is 3. The van der Waals surface area contributed by atoms with Gasteiger partial charge in [-0.25, -0.2) is 9.07 Å². The van der Waals surface area contributed by atoms with Crippen molar-refractivity contribution in [3.05, 3.63) is 58.8 Å². The molecule has 0 aliphatic rings. The second kappa shape index (κ2) is 5.25. The van der Waals surface area contributed by atoms with Crippen molar-refractivity contribution >= 4 is 5.69 Å². The van der Waals surface area contributed by atoms with E-state index >= 15 is 0 Å². The highest BCUT2D eigenvalue weighted by Crippen LogP contribution is 2.07. The van der Waals surface area contributed by atoms with E-state index in [-0.39, 0.29) is 11.4 Å². The van der Waals surface area contributed by atoms with Crippen LogP contribution in [0.5, 0.6) is 0 Å². The van der Waals surface area contributed by atoms with E-state index in [1.165, 1.54) is 22.9 Å². The molecule has 0 saturated carbocycles. The molecule has 0 bridgehead atoms. The third-order valence-corrected chi connectivity index (χ3v) is 2.28. The Kier molecular flexibility index (Phi) is 3.49. The maximum Gasteiger partial charge on any atom is 0.266 e.